The van der Waals surface area contributed by atoms with E-state index in [9.17, 15) is 33.5 Å². The van der Waals surface area contributed by atoms with Crippen LogP contribution in [0.4, 0.5) is 13.6 Å². The van der Waals surface area contributed by atoms with Crippen LogP contribution in [0.3, 0.4) is 0 Å². The maximum atomic E-state index is 13.9. The first-order chi connectivity index (χ1) is 33.3. The molecule has 362 valence electrons. The summed E-state index contributed by atoms with van der Waals surface area (Å²) in [6.07, 6.45) is 5.52. The summed E-state index contributed by atoms with van der Waals surface area (Å²) in [7, 11) is 0. The van der Waals surface area contributed by atoms with Crippen LogP contribution in [0.1, 0.15) is 75.8 Å². The minimum Gasteiger partial charge on any atom is -0.547 e. The van der Waals surface area contributed by atoms with Crippen LogP contribution in [0.5, 0.6) is 17.2 Å². The molecule has 0 spiro atoms. The van der Waals surface area contributed by atoms with Gasteiger partial charge in [0.05, 0.1) is 24.2 Å². The number of piperidine rings is 3. The van der Waals surface area contributed by atoms with Crippen molar-refractivity contribution in [2.75, 3.05) is 38.5 Å². The van der Waals surface area contributed by atoms with Gasteiger partial charge in [0.15, 0.2) is 11.5 Å². The third-order valence-electron chi connectivity index (χ3n) is 13.3. The average Bonchev–Trinajstić information content (AvgIpc) is 4.08. The van der Waals surface area contributed by atoms with Crippen LogP contribution in [-0.2, 0) is 22.5 Å². The summed E-state index contributed by atoms with van der Waals surface area (Å²) in [6.45, 7) is 0.203. The van der Waals surface area contributed by atoms with Crippen LogP contribution >= 0.6 is 35.0 Å². The summed E-state index contributed by atoms with van der Waals surface area (Å²) in [5, 5.41) is 27.2. The van der Waals surface area contributed by atoms with Crippen molar-refractivity contribution in [1.29, 1.82) is 0 Å². The lowest BCUT2D eigenvalue weighted by atomic mass is 9.84. The third-order valence-corrected chi connectivity index (χ3v) is 15.5. The Hall–Kier alpha value is -5.65. The standard InChI is InChI=1S/C51H50Cl2F2N4O9S/c52-41-27-59(64)28-42(53)39(41)25-40(35-14-15-43(67-49(54)55)44(24-35)65-30-31-12-13-31)51(48(61)62)58(20-21-69-51)26-32-6-4-10-37(22-32)47(60)66-38-11-5-9-36(23-38)46(34-7-2-1-3-8-34)56-50(63)68-45-29-57-18-16-33(45)17-19-57/h1-11,14-15,22-24,27-28,31,33,40,45-46,49H,12-13,16-21,25-26,29-30H2,(H2-,56,61,62,63,64)/t40-,45-,46-,51-/m0/s1. The molecule has 5 fully saturated rings. The molecule has 2 bridgehead atoms. The average molecular weight is 1000 g/mol. The molecule has 5 aliphatic rings. The number of thioether (sulfide) groups is 1. The Morgan fingerprint density at radius 3 is 2.30 bits per heavy atom. The van der Waals surface area contributed by atoms with Crippen molar-refractivity contribution < 1.29 is 57.2 Å². The van der Waals surface area contributed by atoms with E-state index in [0.29, 0.717) is 38.7 Å². The molecule has 0 unspecified atom stereocenters. The quantitative estimate of drug-likeness (QED) is 0.0378. The lowest BCUT2D eigenvalue weighted by Gasteiger charge is -2.45. The fourth-order valence-electron chi connectivity index (χ4n) is 9.66. The van der Waals surface area contributed by atoms with E-state index in [-0.39, 0.29) is 71.0 Å². The van der Waals surface area contributed by atoms with Crippen molar-refractivity contribution in [2.24, 2.45) is 11.8 Å². The van der Waals surface area contributed by atoms with Crippen LogP contribution in [-0.4, -0.2) is 89.2 Å². The highest BCUT2D eigenvalue weighted by atomic mass is 35.5. The van der Waals surface area contributed by atoms with E-state index in [2.05, 4.69) is 10.2 Å². The van der Waals surface area contributed by atoms with Crippen LogP contribution in [0.25, 0.3) is 0 Å². The van der Waals surface area contributed by atoms with Crippen molar-refractivity contribution >= 4 is 53.0 Å². The van der Waals surface area contributed by atoms with E-state index in [1.807, 2.05) is 36.4 Å². The van der Waals surface area contributed by atoms with Gasteiger partial charge in [-0.1, -0.05) is 83.9 Å². The van der Waals surface area contributed by atoms with Gasteiger partial charge in [0.25, 0.3) is 0 Å². The predicted octanol–water partition coefficient (Wildman–Crippen LogP) is 8.06. The molecule has 2 N–H and O–H groups in total. The molecule has 5 heterocycles. The second-order valence-electron chi connectivity index (χ2n) is 17.9. The zero-order chi connectivity index (χ0) is 48.2. The second kappa shape index (κ2) is 21.1. The number of carbonyl (C=O) groups is 3. The number of hydrogen-bond acceptors (Lipinski definition) is 12. The Bertz CT molecular complexity index is 2650. The number of alkyl carbamates (subject to hydrolysis) is 1. The molecule has 1 aromatic heterocycles. The number of esters is 1. The number of halogens is 4. The van der Waals surface area contributed by atoms with Gasteiger partial charge < -0.3 is 34.2 Å². The van der Waals surface area contributed by atoms with Crippen molar-refractivity contribution in [1.82, 2.24) is 15.1 Å². The first-order valence-electron chi connectivity index (χ1n) is 22.9. The minimum absolute atomic E-state index is 0.0250. The van der Waals surface area contributed by atoms with Crippen molar-refractivity contribution in [3.63, 3.8) is 0 Å². The number of carbonyl (C=O) groups excluding carboxylic acids is 3. The fourth-order valence-corrected chi connectivity index (χ4v) is 11.8. The molecule has 1 aliphatic carbocycles. The Kier molecular flexibility index (Phi) is 14.8. The SMILES string of the molecule is O=C(N[C@@H](c1ccccc1)c1cccc(OC(=O)c2cccc(CN3CCS[C@]3(C(=O)[O-])[C@@H](Cc3c(Cl)c[n+](O)cc3Cl)c3ccc(OC(F)F)c(OCC4CC4)c3)c2)c1)O[C@H]1CN2CCC1CC2. The molecule has 4 aliphatic heterocycles. The molecule has 69 heavy (non-hydrogen) atoms. The lowest BCUT2D eigenvalue weighted by Crippen LogP contribution is -2.58. The number of aliphatic carboxylic acids is 1. The van der Waals surface area contributed by atoms with E-state index in [1.54, 1.807) is 47.4 Å². The normalized spacial score (nSPS) is 21.9. The molecule has 1 amide bonds. The first-order valence-corrected chi connectivity index (χ1v) is 24.6. The number of rotatable bonds is 18. The topological polar surface area (TPSA) is 154 Å². The van der Waals surface area contributed by atoms with Crippen LogP contribution in [0.15, 0.2) is 109 Å². The molecule has 13 nitrogen and oxygen atoms in total. The number of nitrogens with zero attached hydrogens (tertiary/aromatic N) is 3. The Labute approximate surface area is 412 Å². The van der Waals surface area contributed by atoms with Crippen LogP contribution < -0.4 is 29.4 Å². The molecule has 4 atom stereocenters. The van der Waals surface area contributed by atoms with Gasteiger partial charge in [0, 0.05) is 41.6 Å². The van der Waals surface area contributed by atoms with E-state index < -0.39 is 41.5 Å². The summed E-state index contributed by atoms with van der Waals surface area (Å²) < 4.78 is 50.6. The summed E-state index contributed by atoms with van der Waals surface area (Å²) in [5.74, 6) is -2.07. The monoisotopic (exact) mass is 1000 g/mol. The Morgan fingerprint density at radius 2 is 1.61 bits per heavy atom. The summed E-state index contributed by atoms with van der Waals surface area (Å²) in [5.41, 5.74) is 2.99. The first kappa shape index (κ1) is 48.4. The Morgan fingerprint density at radius 1 is 0.870 bits per heavy atom. The lowest BCUT2D eigenvalue weighted by molar-refractivity contribution is -0.904. The number of nitrogens with one attached hydrogen (secondary N) is 1. The molecule has 5 aromatic rings. The maximum Gasteiger partial charge on any atom is 0.408 e. The fraction of sp³-hybridized carbons (Fsp3) is 0.373. The zero-order valence-electron chi connectivity index (χ0n) is 37.3. The number of hydrogen-bond donors (Lipinski definition) is 2. The van der Waals surface area contributed by atoms with Crippen molar-refractivity contribution in [2.45, 2.75) is 68.2 Å². The predicted molar refractivity (Wildman–Crippen MR) is 251 cm³/mol. The van der Waals surface area contributed by atoms with Gasteiger partial charge in [-0.25, -0.2) is 9.59 Å². The molecule has 18 heteroatoms. The number of aromatic nitrogens is 1. The van der Waals surface area contributed by atoms with Crippen molar-refractivity contribution in [3.8, 4) is 17.2 Å². The summed E-state index contributed by atoms with van der Waals surface area (Å²) >= 11 is 14.4. The zero-order valence-corrected chi connectivity index (χ0v) is 39.6. The van der Waals surface area contributed by atoms with E-state index in [0.717, 1.165) is 62.6 Å². The smallest absolute Gasteiger partial charge is 0.408 e. The van der Waals surface area contributed by atoms with Crippen LogP contribution in [0, 0.1) is 11.8 Å². The number of ether oxygens (including phenoxy) is 4. The van der Waals surface area contributed by atoms with Gasteiger partial charge in [0.2, 0.25) is 12.4 Å². The summed E-state index contributed by atoms with van der Waals surface area (Å²) in [6, 6.07) is 26.8. The highest BCUT2D eigenvalue weighted by Crippen LogP contribution is 2.51. The largest absolute Gasteiger partial charge is 0.547 e. The number of amides is 1. The van der Waals surface area contributed by atoms with Gasteiger partial charge >= 0.3 is 18.7 Å². The number of pyridine rings is 1. The summed E-state index contributed by atoms with van der Waals surface area (Å²) in [4.78, 5) is 43.4. The second-order valence-corrected chi connectivity index (χ2v) is 20.0. The minimum atomic E-state index is -3.14. The van der Waals surface area contributed by atoms with Gasteiger partial charge in [-0.3, -0.25) is 15.0 Å². The highest BCUT2D eigenvalue weighted by Gasteiger charge is 2.51. The Balaban J connectivity index is 0.969. The number of alkyl halides is 2. The molecule has 4 saturated heterocycles. The number of fused-ring (bicyclic) bond motifs is 3. The van der Waals surface area contributed by atoms with E-state index in [1.165, 1.54) is 30.6 Å². The van der Waals surface area contributed by atoms with Crippen molar-refractivity contribution in [3.05, 3.63) is 153 Å². The molecule has 10 rings (SSSR count). The molecule has 4 aromatic carbocycles. The van der Waals surface area contributed by atoms with Gasteiger partial charge in [-0.15, -0.1) is 11.8 Å². The van der Waals surface area contributed by atoms with E-state index in [4.69, 9.17) is 42.1 Å². The third kappa shape index (κ3) is 11.2. The maximum absolute atomic E-state index is 13.9. The molecular weight excluding hydrogens is 954 g/mol. The van der Waals surface area contributed by atoms with E-state index >= 15 is 0 Å². The number of carboxylic acids is 1. The van der Waals surface area contributed by atoms with Crippen LogP contribution in [0.2, 0.25) is 10.0 Å². The molecule has 0 radical (unpaired) electrons. The van der Waals surface area contributed by atoms with Gasteiger partial charge in [-0.2, -0.15) is 8.78 Å². The van der Waals surface area contributed by atoms with Gasteiger partial charge in [0.1, 0.15) is 26.8 Å². The number of benzene rings is 4. The molecule has 1 saturated carbocycles. The molecular formula is C51H50Cl2F2N4O9S. The highest BCUT2D eigenvalue weighted by molar-refractivity contribution is 8.01. The van der Waals surface area contributed by atoms with Gasteiger partial charge in [-0.05, 0) is 116 Å². The number of carboxylic acid groups (broad SMARTS) is 1.